The Morgan fingerprint density at radius 2 is 1.05 bits per heavy atom. The zero-order valence-corrected chi connectivity index (χ0v) is 34.0. The van der Waals surface area contributed by atoms with Crippen LogP contribution in [0, 0.1) is 0 Å². The van der Waals surface area contributed by atoms with Crippen LogP contribution in [-0.2, 0) is 32.9 Å². The van der Waals surface area contributed by atoms with Gasteiger partial charge in [0.15, 0.2) is 11.2 Å². The maximum absolute atomic E-state index is 12.2. The zero-order valence-electron chi connectivity index (χ0n) is 28.3. The number of carbonyl (C=O) groups is 3. The molecule has 0 saturated carbocycles. The van der Waals surface area contributed by atoms with Gasteiger partial charge in [-0.2, -0.15) is 0 Å². The molecule has 0 saturated heterocycles. The summed E-state index contributed by atoms with van der Waals surface area (Å²) in [5, 5.41) is 0.201. The van der Waals surface area contributed by atoms with Gasteiger partial charge in [0.05, 0.1) is 14.4 Å². The predicted molar refractivity (Wildman–Crippen MR) is 165 cm³/mol. The second-order valence-electron chi connectivity index (χ2n) is 11.1. The van der Waals surface area contributed by atoms with E-state index in [1.807, 2.05) is 0 Å². The Morgan fingerprint density at radius 3 is 1.48 bits per heavy atom. The monoisotopic (exact) mass is 682 g/mol. The molecule has 0 radical (unpaired) electrons. The topological polar surface area (TPSA) is 142 Å². The maximum Gasteiger partial charge on any atom is 1.00 e. The quantitative estimate of drug-likeness (QED) is 0.0469. The van der Waals surface area contributed by atoms with E-state index in [-0.39, 0.29) is 83.7 Å². The van der Waals surface area contributed by atoms with E-state index in [0.717, 1.165) is 50.7 Å². The largest absolute Gasteiger partial charge is 1.00 e. The first-order valence-electron chi connectivity index (χ1n) is 16.3. The molecule has 0 aliphatic heterocycles. The van der Waals surface area contributed by atoms with E-state index in [9.17, 15) is 28.7 Å². The fraction of sp³-hybridized carbons (Fsp3) is 0.903. The molecule has 0 bridgehead atoms. The van der Waals surface area contributed by atoms with Gasteiger partial charge in [-0.1, -0.05) is 128 Å². The molecule has 0 amide bonds. The molecule has 13 heteroatoms. The summed E-state index contributed by atoms with van der Waals surface area (Å²) in [6.07, 6.45) is 21.4. The number of carbonyl (C=O) groups excluding carboxylic acids is 3. The van der Waals surface area contributed by atoms with Crippen molar-refractivity contribution in [2.24, 2.45) is 0 Å². The Balaban J connectivity index is -0.00000840. The first-order chi connectivity index (χ1) is 20.1. The summed E-state index contributed by atoms with van der Waals surface area (Å²) in [7, 11) is -5.24. The summed E-state index contributed by atoms with van der Waals surface area (Å²) in [5.74, 6) is -0.0453. The van der Waals surface area contributed by atoms with Crippen LogP contribution in [0.1, 0.15) is 155 Å². The molecule has 0 aliphatic carbocycles. The Bertz CT molecular complexity index is 741. The third-order valence-corrected chi connectivity index (χ3v) is 8.33. The molecule has 0 N–H and O–H groups in total. The number of phosphoric acid groups is 1. The van der Waals surface area contributed by atoms with Crippen molar-refractivity contribution in [1.29, 1.82) is 0 Å². The van der Waals surface area contributed by atoms with Gasteiger partial charge in [-0.15, -0.1) is 0 Å². The Kier molecular flexibility index (Phi) is 39.8. The third-order valence-electron chi connectivity index (χ3n) is 6.96. The van der Waals surface area contributed by atoms with Gasteiger partial charge in [-0.3, -0.25) is 14.4 Å². The molecular weight excluding hydrogens is 625 g/mol. The van der Waals surface area contributed by atoms with Crippen molar-refractivity contribution in [2.75, 3.05) is 19.0 Å². The second kappa shape index (κ2) is 35.4. The van der Waals surface area contributed by atoms with E-state index in [1.54, 1.807) is 6.92 Å². The van der Waals surface area contributed by atoms with Crippen LogP contribution in [0.5, 0.6) is 0 Å². The Hall–Kier alpha value is 1.07. The summed E-state index contributed by atoms with van der Waals surface area (Å²) in [6, 6.07) is 0. The molecule has 248 valence electrons. The fourth-order valence-electron chi connectivity index (χ4n) is 4.55. The van der Waals surface area contributed by atoms with Crippen LogP contribution < -0.4 is 68.9 Å². The number of thioether (sulfide) groups is 1. The average molecular weight is 683 g/mol. The van der Waals surface area contributed by atoms with Crippen molar-refractivity contribution in [3.63, 3.8) is 0 Å². The minimum absolute atomic E-state index is 0. The second-order valence-corrected chi connectivity index (χ2v) is 13.5. The molecule has 0 unspecified atom stereocenters. The number of ether oxygens (including phenoxy) is 2. The molecule has 0 spiro atoms. The van der Waals surface area contributed by atoms with Gasteiger partial charge in [-0.05, 0) is 19.3 Å². The van der Waals surface area contributed by atoms with Crippen LogP contribution in [-0.4, -0.2) is 42.1 Å². The minimum Gasteiger partial charge on any atom is -0.790 e. The standard InChI is InChI=1S/C31H59O9PS.2Na/c1-3-4-5-6-7-14-18-21-24-31(34)40-29(27-39-41(35,36)37)26-38-30(33)23-20-17-15-12-10-8-9-11-13-16-19-22-25-42-28(2)32;;/h29H,3-27H2,1-2H3,(H2,35,36,37);;/q;2*+1/p-2/t29-;;/m0../s1. The van der Waals surface area contributed by atoms with Gasteiger partial charge < -0.3 is 28.3 Å². The number of hydrogen-bond acceptors (Lipinski definition) is 10. The normalized spacial score (nSPS) is 11.7. The number of unbranched alkanes of at least 4 members (excludes halogenated alkanes) is 18. The summed E-state index contributed by atoms with van der Waals surface area (Å²) >= 11 is 1.42. The molecule has 0 aromatic rings. The van der Waals surface area contributed by atoms with E-state index >= 15 is 0 Å². The van der Waals surface area contributed by atoms with Crippen molar-refractivity contribution in [3.05, 3.63) is 0 Å². The number of hydrogen-bond donors (Lipinski definition) is 0. The minimum atomic E-state index is -5.24. The van der Waals surface area contributed by atoms with Crippen LogP contribution in [0.4, 0.5) is 0 Å². The first-order valence-corrected chi connectivity index (χ1v) is 18.7. The van der Waals surface area contributed by atoms with E-state index in [2.05, 4.69) is 11.4 Å². The summed E-state index contributed by atoms with van der Waals surface area (Å²) in [6.45, 7) is 2.78. The van der Waals surface area contributed by atoms with Crippen LogP contribution in [0.15, 0.2) is 0 Å². The third kappa shape index (κ3) is 39.2. The first kappa shape index (κ1) is 49.5. The van der Waals surface area contributed by atoms with Gasteiger partial charge in [0.1, 0.15) is 6.61 Å². The van der Waals surface area contributed by atoms with Crippen molar-refractivity contribution >= 4 is 36.6 Å². The van der Waals surface area contributed by atoms with Gasteiger partial charge in [0.2, 0.25) is 0 Å². The molecule has 0 aromatic heterocycles. The summed E-state index contributed by atoms with van der Waals surface area (Å²) in [5.41, 5.74) is 0. The number of rotatable bonds is 30. The van der Waals surface area contributed by atoms with Gasteiger partial charge in [-0.25, -0.2) is 0 Å². The van der Waals surface area contributed by atoms with E-state index < -0.39 is 32.5 Å². The Morgan fingerprint density at radius 1 is 0.636 bits per heavy atom. The molecule has 1 atom stereocenters. The van der Waals surface area contributed by atoms with Crippen molar-refractivity contribution in [2.45, 2.75) is 161 Å². The Labute approximate surface area is 316 Å². The summed E-state index contributed by atoms with van der Waals surface area (Å²) in [4.78, 5) is 56.9. The van der Waals surface area contributed by atoms with Crippen LogP contribution >= 0.6 is 19.6 Å². The molecule has 0 fully saturated rings. The van der Waals surface area contributed by atoms with Gasteiger partial charge >= 0.3 is 71.1 Å². The molecule has 9 nitrogen and oxygen atoms in total. The van der Waals surface area contributed by atoms with Crippen molar-refractivity contribution in [1.82, 2.24) is 0 Å². The molecule has 0 rings (SSSR count). The molecule has 0 aliphatic rings. The molecule has 0 aromatic carbocycles. The molecule has 44 heavy (non-hydrogen) atoms. The van der Waals surface area contributed by atoms with E-state index in [1.165, 1.54) is 82.4 Å². The van der Waals surface area contributed by atoms with Crippen LogP contribution in [0.25, 0.3) is 0 Å². The van der Waals surface area contributed by atoms with E-state index in [0.29, 0.717) is 12.8 Å². The van der Waals surface area contributed by atoms with Crippen LogP contribution in [0.2, 0.25) is 0 Å². The predicted octanol–water partition coefficient (Wildman–Crippen LogP) is 1.18. The maximum atomic E-state index is 12.2. The fourth-order valence-corrected chi connectivity index (χ4v) is 5.54. The van der Waals surface area contributed by atoms with E-state index in [4.69, 9.17) is 9.47 Å². The zero-order chi connectivity index (χ0) is 31.3. The molecule has 0 heterocycles. The summed E-state index contributed by atoms with van der Waals surface area (Å²) < 4.78 is 25.6. The van der Waals surface area contributed by atoms with Gasteiger partial charge in [0, 0.05) is 25.5 Å². The van der Waals surface area contributed by atoms with Gasteiger partial charge in [0.25, 0.3) is 0 Å². The number of phosphoric ester groups is 1. The smallest absolute Gasteiger partial charge is 0.790 e. The molecular formula is C31H57Na2O9PS. The van der Waals surface area contributed by atoms with Crippen LogP contribution in [0.3, 0.4) is 0 Å². The number of esters is 2. The van der Waals surface area contributed by atoms with Crippen molar-refractivity contribution < 1.29 is 102 Å². The average Bonchev–Trinajstić information content (AvgIpc) is 2.93. The SMILES string of the molecule is CCCCCCCCCCC(=O)O[C@@H](COC(=O)CCCCCCCCCCCCCCSC(C)=O)COP(=O)([O-])[O-].[Na+].[Na+]. The van der Waals surface area contributed by atoms with Crippen molar-refractivity contribution in [3.8, 4) is 0 Å².